The zero-order valence-corrected chi connectivity index (χ0v) is 7.10. The second kappa shape index (κ2) is 6.79. The summed E-state index contributed by atoms with van der Waals surface area (Å²) < 4.78 is 0. The molecule has 0 spiro atoms. The van der Waals surface area contributed by atoms with Gasteiger partial charge in [0.05, 0.1) is 0 Å². The van der Waals surface area contributed by atoms with E-state index in [2.05, 4.69) is 0 Å². The largest absolute Gasteiger partial charge is 0.303 e. The zero-order valence-electron chi connectivity index (χ0n) is 7.10. The predicted molar refractivity (Wildman–Crippen MR) is 44.0 cm³/mol. The minimum Gasteiger partial charge on any atom is -0.303 e. The van der Waals surface area contributed by atoms with E-state index in [1.807, 2.05) is 13.8 Å². The maximum Gasteiger partial charge on any atom is 0.120 e. The van der Waals surface area contributed by atoms with Crippen molar-refractivity contribution in [2.45, 2.75) is 46.0 Å². The molecule has 1 aliphatic rings. The van der Waals surface area contributed by atoms with Gasteiger partial charge >= 0.3 is 0 Å². The highest BCUT2D eigenvalue weighted by Crippen LogP contribution is 2.26. The minimum atomic E-state index is 0.743. The van der Waals surface area contributed by atoms with Crippen LogP contribution in [0.25, 0.3) is 0 Å². The molecule has 0 saturated heterocycles. The lowest BCUT2D eigenvalue weighted by molar-refractivity contribution is -0.108. The Balaban J connectivity index is 0.000000371. The highest BCUT2D eigenvalue weighted by atomic mass is 16.1. The molecule has 0 unspecified atom stereocenters. The van der Waals surface area contributed by atoms with E-state index in [0.717, 1.165) is 18.6 Å². The molecule has 0 bridgehead atoms. The first kappa shape index (κ1) is 9.67. The molecule has 0 aromatic carbocycles. The topological polar surface area (TPSA) is 17.1 Å². The highest BCUT2D eigenvalue weighted by Gasteiger charge is 2.13. The van der Waals surface area contributed by atoms with Crippen molar-refractivity contribution in [3.05, 3.63) is 0 Å². The Morgan fingerprint density at radius 3 is 2.20 bits per heavy atom. The maximum atomic E-state index is 9.96. The molecular formula is C9H18O. The molecule has 0 aromatic rings. The van der Waals surface area contributed by atoms with Gasteiger partial charge in [-0.15, -0.1) is 0 Å². The van der Waals surface area contributed by atoms with Gasteiger partial charge in [0.2, 0.25) is 0 Å². The molecule has 0 aromatic heterocycles. The van der Waals surface area contributed by atoms with Crippen LogP contribution in [0, 0.1) is 5.92 Å². The van der Waals surface area contributed by atoms with Crippen molar-refractivity contribution >= 4 is 6.29 Å². The Labute approximate surface area is 63.8 Å². The van der Waals surface area contributed by atoms with Crippen molar-refractivity contribution in [2.75, 3.05) is 0 Å². The van der Waals surface area contributed by atoms with Crippen LogP contribution in [0.1, 0.15) is 46.0 Å². The molecule has 0 heterocycles. The van der Waals surface area contributed by atoms with Gasteiger partial charge < -0.3 is 4.79 Å². The summed E-state index contributed by atoms with van der Waals surface area (Å²) in [5.41, 5.74) is 0. The summed E-state index contributed by atoms with van der Waals surface area (Å²) in [5, 5.41) is 0. The second-order valence-electron chi connectivity index (χ2n) is 2.55. The molecular weight excluding hydrogens is 124 g/mol. The molecule has 1 rings (SSSR count). The third-order valence-electron chi connectivity index (χ3n) is 1.90. The predicted octanol–water partition coefficient (Wildman–Crippen LogP) is 2.79. The lowest BCUT2D eigenvalue weighted by atomic mass is 10.1. The van der Waals surface area contributed by atoms with Gasteiger partial charge in [-0.1, -0.05) is 39.5 Å². The molecule has 60 valence electrons. The van der Waals surface area contributed by atoms with Crippen molar-refractivity contribution in [1.29, 1.82) is 0 Å². The van der Waals surface area contributed by atoms with E-state index in [-0.39, 0.29) is 0 Å². The van der Waals surface area contributed by atoms with Gasteiger partial charge in [-0.3, -0.25) is 0 Å². The standard InChI is InChI=1S/C7H12O.C2H6/c8-6-5-7-3-1-2-4-7;1-2/h6-7H,1-5H2;1-2H3. The van der Waals surface area contributed by atoms with Gasteiger partial charge in [0.15, 0.2) is 0 Å². The average molecular weight is 142 g/mol. The van der Waals surface area contributed by atoms with Crippen molar-refractivity contribution in [2.24, 2.45) is 5.92 Å². The summed E-state index contributed by atoms with van der Waals surface area (Å²) in [6, 6.07) is 0. The number of rotatable bonds is 2. The fourth-order valence-corrected chi connectivity index (χ4v) is 1.38. The van der Waals surface area contributed by atoms with Crippen LogP contribution in [-0.4, -0.2) is 6.29 Å². The SMILES string of the molecule is CC.O=CCC1CCCC1. The van der Waals surface area contributed by atoms with Gasteiger partial charge in [0, 0.05) is 6.42 Å². The van der Waals surface area contributed by atoms with E-state index >= 15 is 0 Å². The maximum absolute atomic E-state index is 9.96. The zero-order chi connectivity index (χ0) is 7.82. The van der Waals surface area contributed by atoms with Crippen LogP contribution in [0.3, 0.4) is 0 Å². The summed E-state index contributed by atoms with van der Waals surface area (Å²) in [4.78, 5) is 9.96. The van der Waals surface area contributed by atoms with E-state index in [0.29, 0.717) is 0 Å². The molecule has 1 heteroatoms. The lowest BCUT2D eigenvalue weighted by Gasteiger charge is -1.98. The van der Waals surface area contributed by atoms with Gasteiger partial charge in [0.25, 0.3) is 0 Å². The summed E-state index contributed by atoms with van der Waals surface area (Å²) in [6.07, 6.45) is 7.13. The number of hydrogen-bond donors (Lipinski definition) is 0. The smallest absolute Gasteiger partial charge is 0.120 e. The molecule has 0 radical (unpaired) electrons. The van der Waals surface area contributed by atoms with Gasteiger partial charge in [0.1, 0.15) is 6.29 Å². The lowest BCUT2D eigenvalue weighted by Crippen LogP contribution is -1.91. The normalized spacial score (nSPS) is 17.8. The van der Waals surface area contributed by atoms with Crippen LogP contribution in [0.15, 0.2) is 0 Å². The quantitative estimate of drug-likeness (QED) is 0.542. The molecule has 0 N–H and O–H groups in total. The van der Waals surface area contributed by atoms with Crippen LogP contribution >= 0.6 is 0 Å². The first-order valence-electron chi connectivity index (χ1n) is 4.37. The first-order valence-corrected chi connectivity index (χ1v) is 4.37. The molecule has 1 nitrogen and oxygen atoms in total. The third kappa shape index (κ3) is 3.65. The fourth-order valence-electron chi connectivity index (χ4n) is 1.38. The molecule has 0 atom stereocenters. The minimum absolute atomic E-state index is 0.743. The monoisotopic (exact) mass is 142 g/mol. The van der Waals surface area contributed by atoms with E-state index in [9.17, 15) is 4.79 Å². The molecule has 1 saturated carbocycles. The Bertz CT molecular complexity index is 72.8. The molecule has 1 aliphatic carbocycles. The highest BCUT2D eigenvalue weighted by molar-refractivity contribution is 5.49. The summed E-state index contributed by atoms with van der Waals surface area (Å²) in [7, 11) is 0. The number of carbonyl (C=O) groups is 1. The molecule has 0 amide bonds. The van der Waals surface area contributed by atoms with Crippen LogP contribution < -0.4 is 0 Å². The van der Waals surface area contributed by atoms with Gasteiger partial charge in [-0.2, -0.15) is 0 Å². The van der Waals surface area contributed by atoms with Gasteiger partial charge in [-0.05, 0) is 5.92 Å². The summed E-state index contributed by atoms with van der Waals surface area (Å²) >= 11 is 0. The van der Waals surface area contributed by atoms with E-state index in [1.54, 1.807) is 0 Å². The van der Waals surface area contributed by atoms with E-state index in [1.165, 1.54) is 25.7 Å². The van der Waals surface area contributed by atoms with E-state index < -0.39 is 0 Å². The number of carbonyl (C=O) groups excluding carboxylic acids is 1. The van der Waals surface area contributed by atoms with Crippen molar-refractivity contribution in [3.63, 3.8) is 0 Å². The number of aldehydes is 1. The van der Waals surface area contributed by atoms with Crippen molar-refractivity contribution < 1.29 is 4.79 Å². The second-order valence-corrected chi connectivity index (χ2v) is 2.55. The first-order chi connectivity index (χ1) is 4.93. The summed E-state index contributed by atoms with van der Waals surface area (Å²) in [5.74, 6) is 0.743. The van der Waals surface area contributed by atoms with Crippen LogP contribution in [0.5, 0.6) is 0 Å². The average Bonchev–Trinajstić information content (AvgIpc) is 2.46. The fraction of sp³-hybridized carbons (Fsp3) is 0.889. The Hall–Kier alpha value is -0.330. The Morgan fingerprint density at radius 1 is 1.30 bits per heavy atom. The van der Waals surface area contributed by atoms with Crippen LogP contribution in [-0.2, 0) is 4.79 Å². The third-order valence-corrected chi connectivity index (χ3v) is 1.90. The van der Waals surface area contributed by atoms with Crippen molar-refractivity contribution in [1.82, 2.24) is 0 Å². The molecule has 0 aliphatic heterocycles. The van der Waals surface area contributed by atoms with Crippen molar-refractivity contribution in [3.8, 4) is 0 Å². The molecule has 10 heavy (non-hydrogen) atoms. The summed E-state index contributed by atoms with van der Waals surface area (Å²) in [6.45, 7) is 4.00. The van der Waals surface area contributed by atoms with Gasteiger partial charge in [-0.25, -0.2) is 0 Å². The molecule has 1 fully saturated rings. The Morgan fingerprint density at radius 2 is 1.80 bits per heavy atom. The van der Waals surface area contributed by atoms with E-state index in [4.69, 9.17) is 0 Å². The number of hydrogen-bond acceptors (Lipinski definition) is 1. The van der Waals surface area contributed by atoms with Crippen LogP contribution in [0.4, 0.5) is 0 Å². The Kier molecular flexibility index (Phi) is 6.56. The van der Waals surface area contributed by atoms with Crippen LogP contribution in [0.2, 0.25) is 0 Å².